The molecular formula is C18H25N3O2. The highest BCUT2D eigenvalue weighted by Gasteiger charge is 2.26. The minimum atomic E-state index is -0.440. The molecule has 5 heteroatoms. The third-order valence-corrected chi connectivity index (χ3v) is 4.22. The topological polar surface area (TPSA) is 45.1 Å². The first-order chi connectivity index (χ1) is 10.8. The molecule has 1 aromatic carbocycles. The number of hydrogen-bond donors (Lipinski definition) is 0. The highest BCUT2D eigenvalue weighted by Crippen LogP contribution is 2.27. The van der Waals surface area contributed by atoms with E-state index in [9.17, 15) is 4.79 Å². The van der Waals surface area contributed by atoms with E-state index in [-0.39, 0.29) is 6.09 Å². The lowest BCUT2D eigenvalue weighted by Gasteiger charge is -2.37. The van der Waals surface area contributed by atoms with Crippen LogP contribution in [0.4, 0.5) is 10.5 Å². The van der Waals surface area contributed by atoms with Crippen LogP contribution >= 0.6 is 0 Å². The summed E-state index contributed by atoms with van der Waals surface area (Å²) in [5, 5.41) is 0. The van der Waals surface area contributed by atoms with Gasteiger partial charge < -0.3 is 14.5 Å². The second-order valence-corrected chi connectivity index (χ2v) is 7.26. The molecule has 5 nitrogen and oxygen atoms in total. The van der Waals surface area contributed by atoms with Gasteiger partial charge in [-0.15, -0.1) is 0 Å². The molecule has 2 aliphatic rings. The zero-order valence-electron chi connectivity index (χ0n) is 14.4. The first-order valence-electron chi connectivity index (χ1n) is 8.20. The zero-order chi connectivity index (χ0) is 16.6. The van der Waals surface area contributed by atoms with Crippen LogP contribution in [0.25, 0.3) is 0 Å². The van der Waals surface area contributed by atoms with E-state index in [0.29, 0.717) is 13.1 Å². The molecule has 1 saturated heterocycles. The van der Waals surface area contributed by atoms with E-state index in [1.807, 2.05) is 27.0 Å². The molecule has 23 heavy (non-hydrogen) atoms. The third-order valence-electron chi connectivity index (χ3n) is 4.22. The summed E-state index contributed by atoms with van der Waals surface area (Å²) in [5.41, 5.74) is 4.62. The molecular weight excluding hydrogens is 290 g/mol. The van der Waals surface area contributed by atoms with Crippen molar-refractivity contribution in [3.05, 3.63) is 28.8 Å². The number of piperazine rings is 1. The molecule has 0 radical (unpaired) electrons. The van der Waals surface area contributed by atoms with Crippen LogP contribution in [0.5, 0.6) is 0 Å². The number of hydrogen-bond acceptors (Lipinski definition) is 4. The predicted octanol–water partition coefficient (Wildman–Crippen LogP) is 2.98. The summed E-state index contributed by atoms with van der Waals surface area (Å²) < 4.78 is 5.45. The van der Waals surface area contributed by atoms with Crippen molar-refractivity contribution >= 4 is 18.0 Å². The molecule has 1 amide bonds. The quantitative estimate of drug-likeness (QED) is 0.800. The van der Waals surface area contributed by atoms with Crippen molar-refractivity contribution in [1.29, 1.82) is 0 Å². The molecule has 0 bridgehead atoms. The predicted molar refractivity (Wildman–Crippen MR) is 92.5 cm³/mol. The zero-order valence-corrected chi connectivity index (χ0v) is 14.4. The maximum atomic E-state index is 12.1. The summed E-state index contributed by atoms with van der Waals surface area (Å²) in [5.74, 6) is 0. The van der Waals surface area contributed by atoms with Crippen LogP contribution in [0.1, 0.15) is 37.5 Å². The Morgan fingerprint density at radius 1 is 1.17 bits per heavy atom. The minimum absolute atomic E-state index is 0.212. The van der Waals surface area contributed by atoms with Gasteiger partial charge in [0.05, 0.1) is 6.54 Å². The lowest BCUT2D eigenvalue weighted by Crippen LogP contribution is -2.50. The number of ether oxygens (including phenoxy) is 1. The first-order valence-corrected chi connectivity index (χ1v) is 8.20. The fourth-order valence-corrected chi connectivity index (χ4v) is 3.06. The summed E-state index contributed by atoms with van der Waals surface area (Å²) in [6.45, 7) is 11.7. The van der Waals surface area contributed by atoms with Crippen LogP contribution in [0.2, 0.25) is 0 Å². The van der Waals surface area contributed by atoms with Gasteiger partial charge >= 0.3 is 6.09 Å². The summed E-state index contributed by atoms with van der Waals surface area (Å²) in [7, 11) is 0. The molecule has 0 atom stereocenters. The fourth-order valence-electron chi connectivity index (χ4n) is 3.06. The molecule has 0 spiro atoms. The minimum Gasteiger partial charge on any atom is -0.444 e. The monoisotopic (exact) mass is 315 g/mol. The molecule has 3 rings (SSSR count). The summed E-state index contributed by atoms with van der Waals surface area (Å²) in [4.78, 5) is 20.6. The molecule has 0 N–H and O–H groups in total. The molecule has 2 aliphatic heterocycles. The number of aryl methyl sites for hydroxylation is 1. The van der Waals surface area contributed by atoms with E-state index in [1.54, 1.807) is 4.90 Å². The van der Waals surface area contributed by atoms with Crippen molar-refractivity contribution in [2.24, 2.45) is 4.99 Å². The second-order valence-electron chi connectivity index (χ2n) is 7.26. The van der Waals surface area contributed by atoms with Crippen LogP contribution in [-0.4, -0.2) is 49.0 Å². The number of aliphatic imine (C=N–C) groups is 1. The van der Waals surface area contributed by atoms with Crippen molar-refractivity contribution in [3.8, 4) is 0 Å². The third kappa shape index (κ3) is 3.49. The molecule has 2 heterocycles. The van der Waals surface area contributed by atoms with E-state index in [4.69, 9.17) is 4.74 Å². The molecule has 1 fully saturated rings. The number of anilines is 1. The van der Waals surface area contributed by atoms with Gasteiger partial charge in [-0.25, -0.2) is 4.79 Å². The van der Waals surface area contributed by atoms with Gasteiger partial charge in [-0.3, -0.25) is 4.99 Å². The Morgan fingerprint density at radius 2 is 1.87 bits per heavy atom. The van der Waals surface area contributed by atoms with Gasteiger partial charge in [-0.1, -0.05) is 0 Å². The van der Waals surface area contributed by atoms with Crippen LogP contribution in [-0.2, 0) is 11.3 Å². The van der Waals surface area contributed by atoms with Crippen LogP contribution in [0.15, 0.2) is 17.1 Å². The number of amides is 1. The van der Waals surface area contributed by atoms with Gasteiger partial charge in [-0.2, -0.15) is 0 Å². The van der Waals surface area contributed by atoms with Crippen LogP contribution < -0.4 is 4.90 Å². The van der Waals surface area contributed by atoms with E-state index in [1.165, 1.54) is 22.4 Å². The Bertz CT molecular complexity index is 638. The number of benzene rings is 1. The van der Waals surface area contributed by atoms with Gasteiger partial charge in [0.25, 0.3) is 0 Å². The Labute approximate surface area is 137 Å². The Morgan fingerprint density at radius 3 is 2.52 bits per heavy atom. The first kappa shape index (κ1) is 15.8. The Balaban J connectivity index is 1.65. The van der Waals surface area contributed by atoms with Gasteiger partial charge in [0.15, 0.2) is 0 Å². The largest absolute Gasteiger partial charge is 0.444 e. The van der Waals surface area contributed by atoms with Gasteiger partial charge in [-0.05, 0) is 56.5 Å². The van der Waals surface area contributed by atoms with Gasteiger partial charge in [0.1, 0.15) is 5.60 Å². The SMILES string of the molecule is Cc1cc2c(cc1N1CCN(C(=O)OC(C)(C)C)CC1)CN=C2. The van der Waals surface area contributed by atoms with E-state index in [0.717, 1.165) is 19.6 Å². The molecule has 0 aliphatic carbocycles. The van der Waals surface area contributed by atoms with E-state index < -0.39 is 5.60 Å². The molecule has 1 aromatic rings. The van der Waals surface area contributed by atoms with Gasteiger partial charge in [0.2, 0.25) is 0 Å². The van der Waals surface area contributed by atoms with E-state index in [2.05, 4.69) is 28.9 Å². The highest BCUT2D eigenvalue weighted by atomic mass is 16.6. The molecule has 0 saturated carbocycles. The van der Waals surface area contributed by atoms with E-state index >= 15 is 0 Å². The average molecular weight is 315 g/mol. The number of carbonyl (C=O) groups excluding carboxylic acids is 1. The lowest BCUT2D eigenvalue weighted by molar-refractivity contribution is 0.0240. The fraction of sp³-hybridized carbons (Fsp3) is 0.556. The van der Waals surface area contributed by atoms with Crippen molar-refractivity contribution < 1.29 is 9.53 Å². The van der Waals surface area contributed by atoms with Crippen LogP contribution in [0, 0.1) is 6.92 Å². The van der Waals surface area contributed by atoms with Crippen molar-refractivity contribution in [2.75, 3.05) is 31.1 Å². The number of rotatable bonds is 1. The summed E-state index contributed by atoms with van der Waals surface area (Å²) >= 11 is 0. The van der Waals surface area contributed by atoms with Crippen LogP contribution in [0.3, 0.4) is 0 Å². The van der Waals surface area contributed by atoms with Crippen molar-refractivity contribution in [2.45, 2.75) is 39.8 Å². The molecule has 0 unspecified atom stereocenters. The highest BCUT2D eigenvalue weighted by molar-refractivity contribution is 5.86. The Kier molecular flexibility index (Phi) is 4.04. The lowest BCUT2D eigenvalue weighted by atomic mass is 10.0. The second kappa shape index (κ2) is 5.87. The number of nitrogens with zero attached hydrogens (tertiary/aromatic N) is 3. The van der Waals surface area contributed by atoms with Crippen molar-refractivity contribution in [3.63, 3.8) is 0 Å². The molecule has 0 aromatic heterocycles. The van der Waals surface area contributed by atoms with Gasteiger partial charge in [0, 0.05) is 38.1 Å². The maximum absolute atomic E-state index is 12.1. The summed E-state index contributed by atoms with van der Waals surface area (Å²) in [6.07, 6.45) is 1.74. The number of carbonyl (C=O) groups is 1. The Hall–Kier alpha value is -2.04. The average Bonchev–Trinajstić information content (AvgIpc) is 2.92. The normalized spacial score (nSPS) is 17.4. The standard InChI is InChI=1S/C18H25N3O2/c1-13-9-14-11-19-12-15(14)10-16(13)20-5-7-21(8-6-20)17(22)23-18(2,3)4/h9-11H,5-8,12H2,1-4H3. The number of fused-ring (bicyclic) bond motifs is 1. The smallest absolute Gasteiger partial charge is 0.410 e. The summed E-state index contributed by atoms with van der Waals surface area (Å²) in [6, 6.07) is 4.46. The van der Waals surface area contributed by atoms with Crippen molar-refractivity contribution in [1.82, 2.24) is 4.90 Å². The maximum Gasteiger partial charge on any atom is 0.410 e. The molecule has 124 valence electrons.